The monoisotopic (exact) mass is 245 g/mol. The van der Waals surface area contributed by atoms with Crippen molar-refractivity contribution < 1.29 is 10.0 Å². The second-order valence-corrected chi connectivity index (χ2v) is 4.97. The molecule has 0 bridgehead atoms. The lowest BCUT2D eigenvalue weighted by Gasteiger charge is -2.08. The van der Waals surface area contributed by atoms with Gasteiger partial charge in [-0.15, -0.1) is 0 Å². The molecule has 1 rings (SSSR count). The fraction of sp³-hybridized carbons (Fsp3) is 0.667. The van der Waals surface area contributed by atoms with Gasteiger partial charge >= 0.3 is 5.82 Å². The summed E-state index contributed by atoms with van der Waals surface area (Å²) in [6.07, 6.45) is 0.603. The lowest BCUT2D eigenvalue weighted by molar-refractivity contribution is -0.392. The van der Waals surface area contributed by atoms with Crippen molar-refractivity contribution >= 4 is 17.6 Å². The number of nitrogens with zero attached hydrogens (tertiary/aromatic N) is 3. The van der Waals surface area contributed by atoms with E-state index in [2.05, 4.69) is 4.98 Å². The molecule has 0 fully saturated rings. The number of aryl methyl sites for hydroxylation is 1. The van der Waals surface area contributed by atoms with Crippen LogP contribution in [0.3, 0.4) is 0 Å². The number of thioether (sulfide) groups is 1. The van der Waals surface area contributed by atoms with Gasteiger partial charge in [0.2, 0.25) is 5.82 Å². The van der Waals surface area contributed by atoms with Crippen LogP contribution < -0.4 is 0 Å². The fourth-order valence-corrected chi connectivity index (χ4v) is 2.38. The van der Waals surface area contributed by atoms with Gasteiger partial charge in [0, 0.05) is 25.8 Å². The van der Waals surface area contributed by atoms with Gasteiger partial charge in [-0.05, 0) is 16.3 Å². The van der Waals surface area contributed by atoms with E-state index < -0.39 is 4.92 Å². The Morgan fingerprint density at radius 1 is 1.69 bits per heavy atom. The SMILES string of the molecule is Cc1nc([N+](=O)[O-])c(SC(C)CCO)n1C. The number of aromatic nitrogens is 2. The second-order valence-electron chi connectivity index (χ2n) is 3.54. The van der Waals surface area contributed by atoms with Crippen LogP contribution in [-0.4, -0.2) is 31.4 Å². The number of nitro groups is 1. The molecule has 0 aliphatic rings. The third kappa shape index (κ3) is 2.73. The summed E-state index contributed by atoms with van der Waals surface area (Å²) in [5.41, 5.74) is 0. The van der Waals surface area contributed by atoms with E-state index in [4.69, 9.17) is 5.11 Å². The zero-order chi connectivity index (χ0) is 12.3. The van der Waals surface area contributed by atoms with E-state index in [9.17, 15) is 10.1 Å². The highest BCUT2D eigenvalue weighted by molar-refractivity contribution is 8.00. The number of imidazole rings is 1. The molecule has 0 amide bonds. The first-order valence-corrected chi connectivity index (χ1v) is 5.80. The molecule has 1 heterocycles. The summed E-state index contributed by atoms with van der Waals surface area (Å²) in [5.74, 6) is 0.514. The average Bonchev–Trinajstić information content (AvgIpc) is 2.46. The minimum Gasteiger partial charge on any atom is -0.396 e. The molecule has 0 aliphatic carbocycles. The van der Waals surface area contributed by atoms with Gasteiger partial charge in [-0.2, -0.15) is 0 Å². The van der Waals surface area contributed by atoms with Crippen LogP contribution in [0.1, 0.15) is 19.2 Å². The highest BCUT2D eigenvalue weighted by Gasteiger charge is 2.25. The molecule has 0 aromatic carbocycles. The highest BCUT2D eigenvalue weighted by atomic mass is 32.2. The third-order valence-corrected chi connectivity index (χ3v) is 3.59. The van der Waals surface area contributed by atoms with Crippen LogP contribution in [0.4, 0.5) is 5.82 Å². The zero-order valence-electron chi connectivity index (χ0n) is 9.51. The average molecular weight is 245 g/mol. The zero-order valence-corrected chi connectivity index (χ0v) is 10.3. The van der Waals surface area contributed by atoms with Gasteiger partial charge in [0.25, 0.3) is 0 Å². The van der Waals surface area contributed by atoms with Crippen LogP contribution >= 0.6 is 11.8 Å². The molecule has 0 spiro atoms. The molecule has 6 nitrogen and oxygen atoms in total. The molecule has 1 unspecified atom stereocenters. The summed E-state index contributed by atoms with van der Waals surface area (Å²) in [5, 5.41) is 20.3. The molecule has 1 atom stereocenters. The summed E-state index contributed by atoms with van der Waals surface area (Å²) in [7, 11) is 1.75. The first-order valence-electron chi connectivity index (χ1n) is 4.92. The fourth-order valence-electron chi connectivity index (χ4n) is 1.26. The maximum atomic E-state index is 10.8. The highest BCUT2D eigenvalue weighted by Crippen LogP contribution is 2.32. The number of aliphatic hydroxyl groups excluding tert-OH is 1. The molecular formula is C9H15N3O3S. The number of hydrogen-bond acceptors (Lipinski definition) is 5. The second kappa shape index (κ2) is 5.31. The topological polar surface area (TPSA) is 81.2 Å². The molecule has 0 radical (unpaired) electrons. The molecule has 0 saturated carbocycles. The van der Waals surface area contributed by atoms with Crippen molar-refractivity contribution in [3.05, 3.63) is 15.9 Å². The Kier molecular flexibility index (Phi) is 4.31. The molecule has 1 N–H and O–H groups in total. The molecule has 7 heteroatoms. The Morgan fingerprint density at radius 3 is 2.81 bits per heavy atom. The summed E-state index contributed by atoms with van der Waals surface area (Å²) < 4.78 is 1.71. The smallest absolute Gasteiger partial charge is 0.396 e. The van der Waals surface area contributed by atoms with Gasteiger partial charge in [0.15, 0.2) is 5.03 Å². The minimum atomic E-state index is -0.471. The van der Waals surface area contributed by atoms with Crippen molar-refractivity contribution in [2.75, 3.05) is 6.61 Å². The van der Waals surface area contributed by atoms with Crippen molar-refractivity contribution in [2.24, 2.45) is 7.05 Å². The quantitative estimate of drug-likeness (QED) is 0.483. The first-order chi connectivity index (χ1) is 7.47. The maximum Gasteiger partial charge on any atom is 0.396 e. The van der Waals surface area contributed by atoms with E-state index in [1.54, 1.807) is 18.5 Å². The Labute approximate surface area is 97.8 Å². The van der Waals surface area contributed by atoms with Crippen LogP contribution in [0.5, 0.6) is 0 Å². The largest absolute Gasteiger partial charge is 0.396 e. The molecule has 16 heavy (non-hydrogen) atoms. The van der Waals surface area contributed by atoms with Crippen molar-refractivity contribution in [1.29, 1.82) is 0 Å². The molecule has 0 saturated heterocycles. The van der Waals surface area contributed by atoms with Crippen LogP contribution in [0.25, 0.3) is 0 Å². The lowest BCUT2D eigenvalue weighted by atomic mass is 10.3. The van der Waals surface area contributed by atoms with E-state index in [0.717, 1.165) is 0 Å². The normalized spacial score (nSPS) is 12.8. The Hall–Kier alpha value is -1.08. The predicted octanol–water partition coefficient (Wildman–Crippen LogP) is 1.50. The summed E-state index contributed by atoms with van der Waals surface area (Å²) in [4.78, 5) is 14.2. The van der Waals surface area contributed by atoms with Crippen molar-refractivity contribution in [3.63, 3.8) is 0 Å². The third-order valence-electron chi connectivity index (χ3n) is 2.27. The minimum absolute atomic E-state index is 0.0821. The molecule has 90 valence electrons. The van der Waals surface area contributed by atoms with Gasteiger partial charge < -0.3 is 15.2 Å². The van der Waals surface area contributed by atoms with E-state index in [-0.39, 0.29) is 17.7 Å². The Morgan fingerprint density at radius 2 is 2.31 bits per heavy atom. The Bertz CT molecular complexity index is 392. The first kappa shape index (κ1) is 13.0. The van der Waals surface area contributed by atoms with Crippen LogP contribution in [0.2, 0.25) is 0 Å². The summed E-state index contributed by atoms with van der Waals surface area (Å²) in [6.45, 7) is 3.74. The van der Waals surface area contributed by atoms with Gasteiger partial charge in [0.1, 0.15) is 0 Å². The summed E-state index contributed by atoms with van der Waals surface area (Å²) >= 11 is 1.37. The van der Waals surface area contributed by atoms with E-state index >= 15 is 0 Å². The predicted molar refractivity (Wildman–Crippen MR) is 61.6 cm³/mol. The van der Waals surface area contributed by atoms with Crippen LogP contribution in [0.15, 0.2) is 5.03 Å². The van der Waals surface area contributed by atoms with Gasteiger partial charge in [-0.1, -0.05) is 18.7 Å². The van der Waals surface area contributed by atoms with Crippen LogP contribution in [0, 0.1) is 17.0 Å². The Balaban J connectivity index is 2.97. The van der Waals surface area contributed by atoms with Crippen molar-refractivity contribution in [2.45, 2.75) is 30.5 Å². The lowest BCUT2D eigenvalue weighted by Crippen LogP contribution is -2.03. The molecule has 0 aliphatic heterocycles. The molecule has 1 aromatic rings. The van der Waals surface area contributed by atoms with Gasteiger partial charge in [-0.25, -0.2) is 0 Å². The van der Waals surface area contributed by atoms with E-state index in [0.29, 0.717) is 17.3 Å². The number of hydrogen-bond donors (Lipinski definition) is 1. The van der Waals surface area contributed by atoms with Crippen LogP contribution in [-0.2, 0) is 7.05 Å². The van der Waals surface area contributed by atoms with E-state index in [1.165, 1.54) is 11.8 Å². The summed E-state index contributed by atoms with van der Waals surface area (Å²) in [6, 6.07) is 0. The maximum absolute atomic E-state index is 10.8. The van der Waals surface area contributed by atoms with Crippen molar-refractivity contribution in [3.8, 4) is 0 Å². The van der Waals surface area contributed by atoms with Gasteiger partial charge in [-0.3, -0.25) is 4.57 Å². The van der Waals surface area contributed by atoms with E-state index in [1.807, 2.05) is 6.92 Å². The number of rotatable bonds is 5. The van der Waals surface area contributed by atoms with Gasteiger partial charge in [0.05, 0.1) is 0 Å². The molecular weight excluding hydrogens is 230 g/mol. The number of aliphatic hydroxyl groups is 1. The standard InChI is InChI=1S/C9H15N3O3S/c1-6(4-5-13)16-9-8(12(14)15)10-7(2)11(9)3/h6,13H,4-5H2,1-3H3. The molecule has 1 aromatic heterocycles. The van der Waals surface area contributed by atoms with Crippen molar-refractivity contribution in [1.82, 2.24) is 9.55 Å².